The average molecular weight is 304 g/mol. The first kappa shape index (κ1) is 14.4. The molecule has 8 heteroatoms. The number of carboxylic acid groups (broad SMARTS) is 1. The monoisotopic (exact) mass is 304 g/mol. The zero-order chi connectivity index (χ0) is 14.2. The fourth-order valence-corrected chi connectivity index (χ4v) is 4.95. The van der Waals surface area contributed by atoms with Gasteiger partial charge < -0.3 is 5.11 Å². The predicted octanol–water partition coefficient (Wildman–Crippen LogP) is 1.51. The zero-order valence-corrected chi connectivity index (χ0v) is 12.4. The van der Waals surface area contributed by atoms with E-state index in [1.54, 1.807) is 0 Å². The summed E-state index contributed by atoms with van der Waals surface area (Å²) in [7, 11) is -3.74. The number of thiazole rings is 1. The first-order valence-electron chi connectivity index (χ1n) is 6.01. The SMILES string of the molecule is CC1CCN(S(=O)(=O)c2scnc2C(=O)O)CC1C. The van der Waals surface area contributed by atoms with Gasteiger partial charge in [0.1, 0.15) is 0 Å². The van der Waals surface area contributed by atoms with Gasteiger partial charge in [-0.25, -0.2) is 18.2 Å². The summed E-state index contributed by atoms with van der Waals surface area (Å²) in [6, 6.07) is 0. The minimum absolute atomic E-state index is 0.165. The lowest BCUT2D eigenvalue weighted by Gasteiger charge is -2.34. The Kier molecular flexibility index (Phi) is 3.93. The van der Waals surface area contributed by atoms with Crippen molar-refractivity contribution < 1.29 is 18.3 Å². The molecule has 19 heavy (non-hydrogen) atoms. The van der Waals surface area contributed by atoms with Crippen molar-refractivity contribution in [2.75, 3.05) is 13.1 Å². The Morgan fingerprint density at radius 3 is 2.74 bits per heavy atom. The summed E-state index contributed by atoms with van der Waals surface area (Å²) < 4.78 is 26.1. The fraction of sp³-hybridized carbons (Fsp3) is 0.636. The highest BCUT2D eigenvalue weighted by Gasteiger charge is 2.35. The molecule has 1 aromatic rings. The number of aromatic nitrogens is 1. The molecule has 1 aliphatic rings. The van der Waals surface area contributed by atoms with Crippen LogP contribution in [0.2, 0.25) is 0 Å². The van der Waals surface area contributed by atoms with Gasteiger partial charge in [-0.2, -0.15) is 4.31 Å². The van der Waals surface area contributed by atoms with Crippen LogP contribution in [0.15, 0.2) is 9.72 Å². The van der Waals surface area contributed by atoms with E-state index in [2.05, 4.69) is 11.9 Å². The second kappa shape index (κ2) is 5.18. The van der Waals surface area contributed by atoms with Crippen LogP contribution in [0.3, 0.4) is 0 Å². The summed E-state index contributed by atoms with van der Waals surface area (Å²) in [6.45, 7) is 4.98. The average Bonchev–Trinajstić information content (AvgIpc) is 2.82. The normalized spacial score (nSPS) is 25.4. The van der Waals surface area contributed by atoms with Crippen LogP contribution in [-0.4, -0.2) is 41.9 Å². The second-order valence-corrected chi connectivity index (χ2v) is 7.89. The second-order valence-electron chi connectivity index (χ2n) is 4.90. The molecule has 106 valence electrons. The Bertz CT molecular complexity index is 581. The molecule has 0 aliphatic carbocycles. The van der Waals surface area contributed by atoms with Gasteiger partial charge in [-0.1, -0.05) is 13.8 Å². The Morgan fingerprint density at radius 2 is 2.16 bits per heavy atom. The number of aromatic carboxylic acids is 1. The lowest BCUT2D eigenvalue weighted by atomic mass is 9.90. The number of piperidine rings is 1. The lowest BCUT2D eigenvalue weighted by molar-refractivity contribution is 0.0687. The number of sulfonamides is 1. The van der Waals surface area contributed by atoms with E-state index in [1.165, 1.54) is 9.82 Å². The molecule has 2 atom stereocenters. The van der Waals surface area contributed by atoms with Gasteiger partial charge in [-0.3, -0.25) is 0 Å². The van der Waals surface area contributed by atoms with Crippen molar-refractivity contribution in [3.63, 3.8) is 0 Å². The fourth-order valence-electron chi connectivity index (χ4n) is 2.12. The molecule has 1 saturated heterocycles. The Morgan fingerprint density at radius 1 is 1.47 bits per heavy atom. The first-order valence-corrected chi connectivity index (χ1v) is 8.33. The maximum atomic E-state index is 12.5. The molecule has 1 N–H and O–H groups in total. The topological polar surface area (TPSA) is 87.6 Å². The van der Waals surface area contributed by atoms with Crippen LogP contribution in [0.4, 0.5) is 0 Å². The third kappa shape index (κ3) is 2.65. The summed E-state index contributed by atoms with van der Waals surface area (Å²) in [6.07, 6.45) is 0.793. The number of nitrogens with zero attached hydrogens (tertiary/aromatic N) is 2. The van der Waals surface area contributed by atoms with E-state index < -0.39 is 16.0 Å². The lowest BCUT2D eigenvalue weighted by Crippen LogP contribution is -2.42. The summed E-state index contributed by atoms with van der Waals surface area (Å²) in [5.74, 6) is -0.560. The van der Waals surface area contributed by atoms with Crippen LogP contribution in [0, 0.1) is 11.8 Å². The summed E-state index contributed by atoms with van der Waals surface area (Å²) in [5, 5.41) is 8.97. The van der Waals surface area contributed by atoms with Crippen LogP contribution < -0.4 is 0 Å². The van der Waals surface area contributed by atoms with Gasteiger partial charge in [0.25, 0.3) is 10.0 Å². The van der Waals surface area contributed by atoms with Crippen molar-refractivity contribution in [2.45, 2.75) is 24.5 Å². The van der Waals surface area contributed by atoms with Gasteiger partial charge in [0.15, 0.2) is 9.90 Å². The van der Waals surface area contributed by atoms with E-state index in [1.807, 2.05) is 6.92 Å². The van der Waals surface area contributed by atoms with Crippen molar-refractivity contribution in [3.05, 3.63) is 11.2 Å². The maximum Gasteiger partial charge on any atom is 0.356 e. The van der Waals surface area contributed by atoms with Gasteiger partial charge in [0, 0.05) is 13.1 Å². The molecule has 0 saturated carbocycles. The van der Waals surface area contributed by atoms with Crippen molar-refractivity contribution >= 4 is 27.3 Å². The van der Waals surface area contributed by atoms with E-state index in [9.17, 15) is 13.2 Å². The molecule has 6 nitrogen and oxygen atoms in total. The van der Waals surface area contributed by atoms with Gasteiger partial charge in [-0.05, 0) is 18.3 Å². The molecule has 1 aromatic heterocycles. The summed E-state index contributed by atoms with van der Waals surface area (Å²) >= 11 is 0.859. The summed E-state index contributed by atoms with van der Waals surface area (Å²) in [5.41, 5.74) is 0.878. The van der Waals surface area contributed by atoms with Gasteiger partial charge >= 0.3 is 5.97 Å². The zero-order valence-electron chi connectivity index (χ0n) is 10.7. The smallest absolute Gasteiger partial charge is 0.356 e. The van der Waals surface area contributed by atoms with Crippen molar-refractivity contribution in [1.82, 2.24) is 9.29 Å². The molecule has 0 amide bonds. The van der Waals surface area contributed by atoms with Crippen LogP contribution in [0.25, 0.3) is 0 Å². The van der Waals surface area contributed by atoms with Gasteiger partial charge in [0.2, 0.25) is 0 Å². The largest absolute Gasteiger partial charge is 0.476 e. The van der Waals surface area contributed by atoms with Crippen molar-refractivity contribution in [3.8, 4) is 0 Å². The number of carboxylic acids is 1. The standard InChI is InChI=1S/C11H16N2O4S2/c1-7-3-4-13(5-8(7)2)19(16,17)11-9(10(14)15)12-6-18-11/h6-8H,3-5H2,1-2H3,(H,14,15). The van der Waals surface area contributed by atoms with Gasteiger partial charge in [-0.15, -0.1) is 11.3 Å². The van der Waals surface area contributed by atoms with Gasteiger partial charge in [0.05, 0.1) is 5.51 Å². The minimum Gasteiger partial charge on any atom is -0.476 e. The van der Waals surface area contributed by atoms with E-state index in [0.29, 0.717) is 19.0 Å². The molecular formula is C11H16N2O4S2. The van der Waals surface area contributed by atoms with Crippen LogP contribution in [0.5, 0.6) is 0 Å². The van der Waals surface area contributed by atoms with E-state index in [4.69, 9.17) is 5.11 Å². The molecule has 0 bridgehead atoms. The maximum absolute atomic E-state index is 12.5. The molecule has 2 rings (SSSR count). The van der Waals surface area contributed by atoms with E-state index in [-0.39, 0.29) is 15.8 Å². The molecule has 2 unspecified atom stereocenters. The molecule has 0 aromatic carbocycles. The minimum atomic E-state index is -3.74. The highest BCUT2D eigenvalue weighted by atomic mass is 32.2. The molecule has 0 spiro atoms. The van der Waals surface area contributed by atoms with E-state index >= 15 is 0 Å². The van der Waals surface area contributed by atoms with Crippen LogP contribution >= 0.6 is 11.3 Å². The number of rotatable bonds is 3. The van der Waals surface area contributed by atoms with Crippen molar-refractivity contribution in [1.29, 1.82) is 0 Å². The third-order valence-electron chi connectivity index (χ3n) is 3.61. The Labute approximate surface area is 116 Å². The van der Waals surface area contributed by atoms with Crippen LogP contribution in [-0.2, 0) is 10.0 Å². The summed E-state index contributed by atoms with van der Waals surface area (Å²) in [4.78, 5) is 14.6. The Hall–Kier alpha value is -0.990. The predicted molar refractivity (Wildman–Crippen MR) is 70.8 cm³/mol. The molecular weight excluding hydrogens is 288 g/mol. The third-order valence-corrected chi connectivity index (χ3v) is 6.82. The van der Waals surface area contributed by atoms with Crippen molar-refractivity contribution in [2.24, 2.45) is 11.8 Å². The molecule has 2 heterocycles. The quantitative estimate of drug-likeness (QED) is 0.914. The first-order chi connectivity index (χ1) is 8.84. The molecule has 0 radical (unpaired) electrons. The highest BCUT2D eigenvalue weighted by molar-refractivity contribution is 7.91. The van der Waals surface area contributed by atoms with Crippen LogP contribution in [0.1, 0.15) is 30.8 Å². The highest BCUT2D eigenvalue weighted by Crippen LogP contribution is 2.30. The number of carbonyl (C=O) groups is 1. The Balaban J connectivity index is 2.33. The van der Waals surface area contributed by atoms with E-state index in [0.717, 1.165) is 17.8 Å². The molecule has 1 fully saturated rings. The number of hydrogen-bond acceptors (Lipinski definition) is 5. The number of hydrogen-bond donors (Lipinski definition) is 1. The molecule has 1 aliphatic heterocycles.